The van der Waals surface area contributed by atoms with Gasteiger partial charge in [-0.05, 0) is 12.5 Å². The molecule has 1 saturated heterocycles. The zero-order valence-electron chi connectivity index (χ0n) is 12.1. The molecule has 1 heterocycles. The molecule has 5 nitrogen and oxygen atoms in total. The molecule has 0 spiro atoms. The Morgan fingerprint density at radius 2 is 2.15 bits per heavy atom. The minimum Gasteiger partial charge on any atom is -0.496 e. The summed E-state index contributed by atoms with van der Waals surface area (Å²) in [6.45, 7) is 3.89. The maximum absolute atomic E-state index is 11.8. The standard InChI is InChI=1S/C15H22N2O3/c1-3-15(19)10-17(11-15)9-14(18)16-8-12-6-4-5-7-13(12)20-2/h4-7,19H,3,8-11H2,1-2H3,(H,16,18). The van der Waals surface area contributed by atoms with Crippen molar-refractivity contribution in [2.24, 2.45) is 0 Å². The summed E-state index contributed by atoms with van der Waals surface area (Å²) in [4.78, 5) is 13.8. The molecular formula is C15H22N2O3. The molecule has 5 heteroatoms. The van der Waals surface area contributed by atoms with Crippen molar-refractivity contribution in [1.82, 2.24) is 10.2 Å². The number of β-amino-alcohol motifs (C(OH)–C–C–N with tert-alkyl or cyclic N) is 1. The van der Waals surface area contributed by atoms with Gasteiger partial charge in [0.25, 0.3) is 0 Å². The van der Waals surface area contributed by atoms with Crippen molar-refractivity contribution in [1.29, 1.82) is 0 Å². The molecule has 110 valence electrons. The first kappa shape index (κ1) is 14.8. The third kappa shape index (κ3) is 3.49. The summed E-state index contributed by atoms with van der Waals surface area (Å²) in [5.41, 5.74) is 0.361. The number of nitrogens with one attached hydrogen (secondary N) is 1. The molecule has 0 bridgehead atoms. The van der Waals surface area contributed by atoms with Crippen LogP contribution in [0.25, 0.3) is 0 Å². The molecule has 0 aliphatic carbocycles. The van der Waals surface area contributed by atoms with E-state index in [-0.39, 0.29) is 5.91 Å². The van der Waals surface area contributed by atoms with Crippen molar-refractivity contribution in [2.75, 3.05) is 26.7 Å². The van der Waals surface area contributed by atoms with Gasteiger partial charge in [0.05, 0.1) is 19.3 Å². The number of carbonyl (C=O) groups excluding carboxylic acids is 1. The SMILES string of the molecule is CCC1(O)CN(CC(=O)NCc2ccccc2OC)C1. The van der Waals surface area contributed by atoms with E-state index < -0.39 is 5.60 Å². The van der Waals surface area contributed by atoms with Gasteiger partial charge in [-0.1, -0.05) is 25.1 Å². The van der Waals surface area contributed by atoms with Crippen LogP contribution in [0.5, 0.6) is 5.75 Å². The van der Waals surface area contributed by atoms with Gasteiger partial charge in [-0.25, -0.2) is 0 Å². The molecule has 0 saturated carbocycles. The van der Waals surface area contributed by atoms with Crippen LogP contribution in [-0.2, 0) is 11.3 Å². The van der Waals surface area contributed by atoms with Crippen LogP contribution in [0.3, 0.4) is 0 Å². The predicted molar refractivity (Wildman–Crippen MR) is 76.5 cm³/mol. The van der Waals surface area contributed by atoms with Gasteiger partial charge >= 0.3 is 0 Å². The van der Waals surface area contributed by atoms with E-state index in [1.807, 2.05) is 36.1 Å². The first-order chi connectivity index (χ1) is 9.56. The number of carbonyl (C=O) groups is 1. The molecule has 0 unspecified atom stereocenters. The van der Waals surface area contributed by atoms with Gasteiger partial charge < -0.3 is 15.2 Å². The van der Waals surface area contributed by atoms with Gasteiger partial charge in [-0.3, -0.25) is 9.69 Å². The molecular weight excluding hydrogens is 256 g/mol. The molecule has 2 N–H and O–H groups in total. The molecule has 1 aromatic rings. The zero-order valence-corrected chi connectivity index (χ0v) is 12.1. The first-order valence-corrected chi connectivity index (χ1v) is 6.89. The summed E-state index contributed by atoms with van der Waals surface area (Å²) in [6, 6.07) is 7.62. The third-order valence-corrected chi connectivity index (χ3v) is 3.73. The number of nitrogens with zero attached hydrogens (tertiary/aromatic N) is 1. The Hall–Kier alpha value is -1.59. The number of amides is 1. The average Bonchev–Trinajstić information content (AvgIpc) is 2.43. The lowest BCUT2D eigenvalue weighted by atomic mass is 9.91. The van der Waals surface area contributed by atoms with Crippen LogP contribution < -0.4 is 10.1 Å². The van der Waals surface area contributed by atoms with E-state index in [9.17, 15) is 9.90 Å². The topological polar surface area (TPSA) is 61.8 Å². The van der Waals surface area contributed by atoms with Crippen LogP contribution >= 0.6 is 0 Å². The Labute approximate surface area is 119 Å². The maximum Gasteiger partial charge on any atom is 0.234 e. The largest absolute Gasteiger partial charge is 0.496 e. The minimum absolute atomic E-state index is 0.0333. The summed E-state index contributed by atoms with van der Waals surface area (Å²) >= 11 is 0. The zero-order chi connectivity index (χ0) is 14.6. The smallest absolute Gasteiger partial charge is 0.234 e. The van der Waals surface area contributed by atoms with E-state index in [4.69, 9.17) is 4.74 Å². The van der Waals surface area contributed by atoms with Crippen LogP contribution in [0.2, 0.25) is 0 Å². The first-order valence-electron chi connectivity index (χ1n) is 6.89. The van der Waals surface area contributed by atoms with Crippen molar-refractivity contribution >= 4 is 5.91 Å². The van der Waals surface area contributed by atoms with Gasteiger partial charge in [-0.2, -0.15) is 0 Å². The van der Waals surface area contributed by atoms with Crippen LogP contribution in [0.15, 0.2) is 24.3 Å². The molecule has 2 rings (SSSR count). The van der Waals surface area contributed by atoms with Gasteiger partial charge in [0, 0.05) is 25.2 Å². The van der Waals surface area contributed by atoms with Gasteiger partial charge in [-0.15, -0.1) is 0 Å². The number of hydrogen-bond acceptors (Lipinski definition) is 4. The molecule has 0 radical (unpaired) electrons. The van der Waals surface area contributed by atoms with E-state index in [1.54, 1.807) is 7.11 Å². The Bertz CT molecular complexity index is 470. The fraction of sp³-hybridized carbons (Fsp3) is 0.533. The van der Waals surface area contributed by atoms with Gasteiger partial charge in [0.2, 0.25) is 5.91 Å². The fourth-order valence-electron chi connectivity index (χ4n) is 2.42. The number of likely N-dealkylation sites (tertiary alicyclic amines) is 1. The second kappa shape index (κ2) is 6.24. The lowest BCUT2D eigenvalue weighted by Crippen LogP contribution is -2.62. The highest BCUT2D eigenvalue weighted by Crippen LogP contribution is 2.23. The molecule has 20 heavy (non-hydrogen) atoms. The van der Waals surface area contributed by atoms with Crippen molar-refractivity contribution in [3.8, 4) is 5.75 Å². The van der Waals surface area contributed by atoms with Crippen LogP contribution in [0, 0.1) is 0 Å². The van der Waals surface area contributed by atoms with Crippen molar-refractivity contribution in [3.05, 3.63) is 29.8 Å². The molecule has 0 aromatic heterocycles. The quantitative estimate of drug-likeness (QED) is 0.807. The highest BCUT2D eigenvalue weighted by Gasteiger charge is 2.39. The second-order valence-corrected chi connectivity index (χ2v) is 5.31. The summed E-state index contributed by atoms with van der Waals surface area (Å²) in [5.74, 6) is 0.742. The second-order valence-electron chi connectivity index (χ2n) is 5.31. The molecule has 0 atom stereocenters. The van der Waals surface area contributed by atoms with E-state index in [1.165, 1.54) is 0 Å². The number of benzene rings is 1. The molecule has 1 fully saturated rings. The lowest BCUT2D eigenvalue weighted by molar-refractivity contribution is -0.133. The molecule has 1 aromatic carbocycles. The summed E-state index contributed by atoms with van der Waals surface area (Å²) in [6.07, 6.45) is 0.729. The number of methoxy groups -OCH3 is 1. The van der Waals surface area contributed by atoms with Crippen molar-refractivity contribution in [3.63, 3.8) is 0 Å². The summed E-state index contributed by atoms with van der Waals surface area (Å²) in [5, 5.41) is 12.8. The van der Waals surface area contributed by atoms with Crippen molar-refractivity contribution in [2.45, 2.75) is 25.5 Å². The highest BCUT2D eigenvalue weighted by molar-refractivity contribution is 5.78. The highest BCUT2D eigenvalue weighted by atomic mass is 16.5. The monoisotopic (exact) mass is 278 g/mol. The Kier molecular flexibility index (Phi) is 4.62. The van der Waals surface area contributed by atoms with Crippen LogP contribution in [-0.4, -0.2) is 48.3 Å². The van der Waals surface area contributed by atoms with Gasteiger partial charge in [0.15, 0.2) is 0 Å². The number of rotatable bonds is 6. The fourth-order valence-corrected chi connectivity index (χ4v) is 2.42. The minimum atomic E-state index is -0.594. The maximum atomic E-state index is 11.8. The molecule has 1 aliphatic heterocycles. The Morgan fingerprint density at radius 3 is 2.80 bits per heavy atom. The van der Waals surface area contributed by atoms with Crippen molar-refractivity contribution < 1.29 is 14.6 Å². The third-order valence-electron chi connectivity index (χ3n) is 3.73. The van der Waals surface area contributed by atoms with Crippen LogP contribution in [0.4, 0.5) is 0 Å². The molecule has 1 aliphatic rings. The van der Waals surface area contributed by atoms with Gasteiger partial charge in [0.1, 0.15) is 5.75 Å². The molecule has 1 amide bonds. The average molecular weight is 278 g/mol. The Balaban J connectivity index is 1.76. The number of ether oxygens (including phenoxy) is 1. The summed E-state index contributed by atoms with van der Waals surface area (Å²) < 4.78 is 5.24. The van der Waals surface area contributed by atoms with E-state index in [2.05, 4.69) is 5.32 Å². The van der Waals surface area contributed by atoms with E-state index in [0.717, 1.165) is 17.7 Å². The number of para-hydroxylation sites is 1. The summed E-state index contributed by atoms with van der Waals surface area (Å²) in [7, 11) is 1.62. The lowest BCUT2D eigenvalue weighted by Gasteiger charge is -2.45. The van der Waals surface area contributed by atoms with Crippen LogP contribution in [0.1, 0.15) is 18.9 Å². The Morgan fingerprint density at radius 1 is 1.45 bits per heavy atom. The predicted octanol–water partition coefficient (Wildman–Crippen LogP) is 0.768. The number of aliphatic hydroxyl groups is 1. The normalized spacial score (nSPS) is 17.4. The number of hydrogen-bond donors (Lipinski definition) is 2. The van der Waals surface area contributed by atoms with E-state index >= 15 is 0 Å². The van der Waals surface area contributed by atoms with E-state index in [0.29, 0.717) is 26.2 Å².